The third-order valence-electron chi connectivity index (χ3n) is 4.97. The van der Waals surface area contributed by atoms with Crippen LogP contribution < -0.4 is 5.32 Å². The number of fused-ring (bicyclic) bond motifs is 1. The van der Waals surface area contributed by atoms with Gasteiger partial charge in [0, 0.05) is 58.6 Å². The average Bonchev–Trinajstić information content (AvgIpc) is 3.31. The van der Waals surface area contributed by atoms with Gasteiger partial charge in [0.15, 0.2) is 0 Å². The van der Waals surface area contributed by atoms with E-state index in [4.69, 9.17) is 24.5 Å². The van der Waals surface area contributed by atoms with E-state index in [-0.39, 0.29) is 18.2 Å². The molecule has 3 atom stereocenters. The minimum Gasteiger partial charge on any atom is -0.475 e. The molecule has 0 saturated carbocycles. The topological polar surface area (TPSA) is 137 Å². The van der Waals surface area contributed by atoms with Crippen molar-refractivity contribution in [2.75, 3.05) is 27.2 Å². The first-order valence-electron chi connectivity index (χ1n) is 10.3. The number of aryl methyl sites for hydroxylation is 1. The van der Waals surface area contributed by atoms with Crippen molar-refractivity contribution < 1.29 is 55.7 Å². The zero-order chi connectivity index (χ0) is 27.8. The zero-order valence-corrected chi connectivity index (χ0v) is 19.5. The molecule has 206 valence electrons. The first-order chi connectivity index (χ1) is 16.4. The van der Waals surface area contributed by atoms with Gasteiger partial charge in [-0.25, -0.2) is 14.4 Å². The molecule has 3 N–H and O–H groups in total. The number of hydrogen-bond acceptors (Lipinski definition) is 6. The normalized spacial score (nSPS) is 21.8. The SMILES string of the molecule is CN(C)C(=O)N[C@@H]1CN(Cc2cnn(C)c2)[C@@H]2CCCO[C@@H]21.O=C(O)C(F)(F)F.O=C(O)C(F)(F)F. The van der Waals surface area contributed by atoms with E-state index in [9.17, 15) is 31.1 Å². The van der Waals surface area contributed by atoms with Crippen molar-refractivity contribution in [1.82, 2.24) is 24.9 Å². The van der Waals surface area contributed by atoms with Gasteiger partial charge in [-0.2, -0.15) is 31.4 Å². The third-order valence-corrected chi connectivity index (χ3v) is 4.97. The van der Waals surface area contributed by atoms with Gasteiger partial charge < -0.3 is 25.2 Å². The van der Waals surface area contributed by atoms with Gasteiger partial charge in [0.25, 0.3) is 0 Å². The van der Waals surface area contributed by atoms with E-state index in [1.807, 2.05) is 24.1 Å². The summed E-state index contributed by atoms with van der Waals surface area (Å²) in [6.45, 7) is 2.47. The molecule has 3 heterocycles. The maximum Gasteiger partial charge on any atom is 0.490 e. The number of rotatable bonds is 3. The van der Waals surface area contributed by atoms with Crippen LogP contribution in [0.4, 0.5) is 31.1 Å². The fourth-order valence-electron chi connectivity index (χ4n) is 3.44. The van der Waals surface area contributed by atoms with Gasteiger partial charge in [-0.05, 0) is 12.8 Å². The molecule has 0 spiro atoms. The Morgan fingerprint density at radius 3 is 2.08 bits per heavy atom. The molecule has 3 rings (SSSR count). The van der Waals surface area contributed by atoms with Crippen molar-refractivity contribution in [3.8, 4) is 0 Å². The van der Waals surface area contributed by atoms with Crippen LogP contribution in [-0.2, 0) is 27.9 Å². The lowest BCUT2D eigenvalue weighted by Crippen LogP contribution is -2.50. The number of aliphatic carboxylic acids is 2. The largest absolute Gasteiger partial charge is 0.490 e. The number of carbonyl (C=O) groups excluding carboxylic acids is 1. The van der Waals surface area contributed by atoms with Crippen LogP contribution in [0.15, 0.2) is 12.4 Å². The highest BCUT2D eigenvalue weighted by Gasteiger charge is 2.44. The van der Waals surface area contributed by atoms with Crippen LogP contribution in [0.1, 0.15) is 18.4 Å². The van der Waals surface area contributed by atoms with E-state index >= 15 is 0 Å². The summed E-state index contributed by atoms with van der Waals surface area (Å²) in [6, 6.07) is 0.374. The lowest BCUT2D eigenvalue weighted by Gasteiger charge is -2.32. The maximum atomic E-state index is 12.0. The van der Waals surface area contributed by atoms with E-state index in [2.05, 4.69) is 15.3 Å². The van der Waals surface area contributed by atoms with E-state index in [0.29, 0.717) is 6.04 Å². The number of carboxylic acid groups (broad SMARTS) is 2. The number of hydrogen-bond donors (Lipinski definition) is 3. The smallest absolute Gasteiger partial charge is 0.475 e. The number of carbonyl (C=O) groups is 3. The van der Waals surface area contributed by atoms with Crippen molar-refractivity contribution in [2.24, 2.45) is 7.05 Å². The van der Waals surface area contributed by atoms with Crippen molar-refractivity contribution in [3.63, 3.8) is 0 Å². The highest BCUT2D eigenvalue weighted by Crippen LogP contribution is 2.30. The second-order valence-electron chi connectivity index (χ2n) is 8.05. The summed E-state index contributed by atoms with van der Waals surface area (Å²) in [5.41, 5.74) is 1.20. The molecule has 0 bridgehead atoms. The lowest BCUT2D eigenvalue weighted by molar-refractivity contribution is -0.193. The lowest BCUT2D eigenvalue weighted by atomic mass is 10.0. The van der Waals surface area contributed by atoms with Gasteiger partial charge in [-0.3, -0.25) is 9.58 Å². The molecular formula is C19H27F6N5O6. The van der Waals surface area contributed by atoms with E-state index < -0.39 is 24.3 Å². The molecule has 2 aliphatic rings. The number of nitrogens with zero attached hydrogens (tertiary/aromatic N) is 4. The second-order valence-corrected chi connectivity index (χ2v) is 8.05. The molecule has 36 heavy (non-hydrogen) atoms. The number of likely N-dealkylation sites (tertiary alicyclic amines) is 1. The van der Waals surface area contributed by atoms with Gasteiger partial charge in [0.1, 0.15) is 0 Å². The third kappa shape index (κ3) is 9.88. The van der Waals surface area contributed by atoms with Crippen molar-refractivity contribution >= 4 is 18.0 Å². The second kappa shape index (κ2) is 12.8. The molecule has 0 radical (unpaired) electrons. The minimum absolute atomic E-state index is 0.0527. The Morgan fingerprint density at radius 1 is 1.14 bits per heavy atom. The Bertz CT molecular complexity index is 867. The average molecular weight is 535 g/mol. The molecular weight excluding hydrogens is 508 g/mol. The van der Waals surface area contributed by atoms with Crippen LogP contribution >= 0.6 is 0 Å². The first kappa shape index (κ1) is 31.0. The van der Waals surface area contributed by atoms with E-state index in [1.54, 1.807) is 19.0 Å². The molecule has 11 nitrogen and oxygen atoms in total. The standard InChI is InChI=1S/C15H25N5O2.2C2HF3O2/c1-18(2)15(21)17-12-10-20(9-11-7-16-19(3)8-11)13-5-4-6-22-14(12)13;2*3-2(4,5)1(6)7/h7-8,12-14H,4-6,9-10H2,1-3H3,(H,17,21);2*(H,6,7)/t12-,13-,14-;;/m1../s1. The van der Waals surface area contributed by atoms with Crippen LogP contribution in [0.3, 0.4) is 0 Å². The summed E-state index contributed by atoms with van der Waals surface area (Å²) in [5, 5.41) is 21.6. The van der Waals surface area contributed by atoms with Gasteiger partial charge in [-0.15, -0.1) is 0 Å². The fourth-order valence-corrected chi connectivity index (χ4v) is 3.44. The van der Waals surface area contributed by atoms with Crippen LogP contribution in [-0.4, -0.2) is 106 Å². The van der Waals surface area contributed by atoms with Crippen LogP contribution in [0.25, 0.3) is 0 Å². The summed E-state index contributed by atoms with van der Waals surface area (Å²) in [6.07, 6.45) is -3.91. The Hall–Kier alpha value is -3.08. The number of ether oxygens (including phenoxy) is 1. The molecule has 2 amide bonds. The molecule has 0 aliphatic carbocycles. The Balaban J connectivity index is 0.000000383. The molecule has 0 unspecified atom stereocenters. The Morgan fingerprint density at radius 2 is 1.67 bits per heavy atom. The van der Waals surface area contributed by atoms with Crippen LogP contribution in [0.2, 0.25) is 0 Å². The number of carboxylic acids is 2. The Labute approximate surface area is 201 Å². The summed E-state index contributed by atoms with van der Waals surface area (Å²) < 4.78 is 71.3. The van der Waals surface area contributed by atoms with Gasteiger partial charge in [-0.1, -0.05) is 0 Å². The maximum absolute atomic E-state index is 12.0. The van der Waals surface area contributed by atoms with Crippen molar-refractivity contribution in [2.45, 2.75) is 49.9 Å². The summed E-state index contributed by atoms with van der Waals surface area (Å²) in [7, 11) is 5.45. The number of amides is 2. The van der Waals surface area contributed by atoms with Crippen molar-refractivity contribution in [3.05, 3.63) is 18.0 Å². The number of urea groups is 1. The molecule has 0 aromatic carbocycles. The zero-order valence-electron chi connectivity index (χ0n) is 19.5. The van der Waals surface area contributed by atoms with Crippen LogP contribution in [0, 0.1) is 0 Å². The Kier molecular flexibility index (Phi) is 11.0. The first-order valence-corrected chi connectivity index (χ1v) is 10.3. The van der Waals surface area contributed by atoms with Crippen LogP contribution in [0.5, 0.6) is 0 Å². The molecule has 1 aromatic heterocycles. The minimum atomic E-state index is -5.08. The molecule has 1 aromatic rings. The molecule has 2 fully saturated rings. The summed E-state index contributed by atoms with van der Waals surface area (Å²) in [4.78, 5) is 33.7. The summed E-state index contributed by atoms with van der Waals surface area (Å²) in [5.74, 6) is -5.51. The fraction of sp³-hybridized carbons (Fsp3) is 0.684. The van der Waals surface area contributed by atoms with Gasteiger partial charge >= 0.3 is 30.3 Å². The number of halogens is 6. The molecule has 2 saturated heterocycles. The quantitative estimate of drug-likeness (QED) is 0.498. The predicted molar refractivity (Wildman–Crippen MR) is 110 cm³/mol. The predicted octanol–water partition coefficient (Wildman–Crippen LogP) is 1.69. The highest BCUT2D eigenvalue weighted by atomic mass is 19.4. The summed E-state index contributed by atoms with van der Waals surface area (Å²) >= 11 is 0. The highest BCUT2D eigenvalue weighted by molar-refractivity contribution is 5.74. The number of aromatic nitrogens is 2. The molecule has 2 aliphatic heterocycles. The molecule has 17 heteroatoms. The van der Waals surface area contributed by atoms with Gasteiger partial charge in [0.2, 0.25) is 0 Å². The van der Waals surface area contributed by atoms with E-state index in [0.717, 1.165) is 32.5 Å². The number of alkyl halides is 6. The van der Waals surface area contributed by atoms with Gasteiger partial charge in [0.05, 0.1) is 18.3 Å². The monoisotopic (exact) mass is 535 g/mol. The van der Waals surface area contributed by atoms with Crippen molar-refractivity contribution in [1.29, 1.82) is 0 Å². The number of nitrogens with one attached hydrogen (secondary N) is 1. The van der Waals surface area contributed by atoms with E-state index in [1.165, 1.54) is 5.56 Å².